The normalized spacial score (nSPS) is 14.5. The largest absolute Gasteiger partial charge is 0.493 e. The first-order chi connectivity index (χ1) is 14.1. The molecule has 0 aliphatic carbocycles. The zero-order valence-corrected chi connectivity index (χ0v) is 16.5. The van der Waals surface area contributed by atoms with Crippen LogP contribution in [-0.4, -0.2) is 25.3 Å². The maximum Gasteiger partial charge on any atom is 0.280 e. The van der Waals surface area contributed by atoms with Crippen LogP contribution in [-0.2, 0) is 11.2 Å². The Kier molecular flexibility index (Phi) is 6.16. The first-order valence-electron chi connectivity index (χ1n) is 9.14. The van der Waals surface area contributed by atoms with Crippen molar-refractivity contribution in [2.45, 2.75) is 13.3 Å². The molecule has 0 unspecified atom stereocenters. The number of hydrazone groups is 1. The van der Waals surface area contributed by atoms with E-state index in [4.69, 9.17) is 15.9 Å². The summed E-state index contributed by atoms with van der Waals surface area (Å²) < 4.78 is 11.2. The van der Waals surface area contributed by atoms with E-state index < -0.39 is 0 Å². The van der Waals surface area contributed by atoms with E-state index in [1.54, 1.807) is 13.2 Å². The van der Waals surface area contributed by atoms with Crippen molar-refractivity contribution in [3.05, 3.63) is 71.8 Å². The van der Waals surface area contributed by atoms with Gasteiger partial charge in [0, 0.05) is 5.56 Å². The summed E-state index contributed by atoms with van der Waals surface area (Å²) >= 11 is 0. The quantitative estimate of drug-likeness (QED) is 0.406. The maximum atomic E-state index is 12.9. The monoisotopic (exact) mass is 386 g/mol. The van der Waals surface area contributed by atoms with Gasteiger partial charge in [-0.3, -0.25) is 4.79 Å². The number of anilines is 1. The number of allylic oxidation sites excluding steroid dienone is 1. The maximum absolute atomic E-state index is 12.9. The molecule has 2 aromatic rings. The van der Waals surface area contributed by atoms with Crippen molar-refractivity contribution < 1.29 is 14.3 Å². The highest BCUT2D eigenvalue weighted by molar-refractivity contribution is 6.32. The van der Waals surface area contributed by atoms with Crippen molar-refractivity contribution in [3.63, 3.8) is 0 Å². The van der Waals surface area contributed by atoms with E-state index in [0.29, 0.717) is 29.2 Å². The van der Waals surface area contributed by atoms with Crippen molar-refractivity contribution in [2.24, 2.45) is 5.10 Å². The molecule has 2 aromatic carbocycles. The second kappa shape index (κ2) is 8.94. The Morgan fingerprint density at radius 1 is 1.28 bits per heavy atom. The number of nitrogens with zero attached hydrogens (tertiary/aromatic N) is 2. The van der Waals surface area contributed by atoms with Gasteiger partial charge in [-0.05, 0) is 49.2 Å². The number of benzene rings is 2. The second-order valence-corrected chi connectivity index (χ2v) is 6.39. The highest BCUT2D eigenvalue weighted by atomic mass is 16.5. The van der Waals surface area contributed by atoms with E-state index in [2.05, 4.69) is 17.6 Å². The zero-order valence-electron chi connectivity index (χ0n) is 16.5. The molecule has 5 nitrogen and oxygen atoms in total. The minimum absolute atomic E-state index is 0.136. The third kappa shape index (κ3) is 4.22. The van der Waals surface area contributed by atoms with Crippen LogP contribution in [0.5, 0.6) is 11.5 Å². The van der Waals surface area contributed by atoms with Gasteiger partial charge in [-0.15, -0.1) is 13.0 Å². The summed E-state index contributed by atoms with van der Waals surface area (Å²) in [5, 5.41) is 5.82. The smallest absolute Gasteiger partial charge is 0.280 e. The first-order valence-corrected chi connectivity index (χ1v) is 9.14. The Morgan fingerprint density at radius 2 is 2.03 bits per heavy atom. The fourth-order valence-corrected chi connectivity index (χ4v) is 3.10. The first kappa shape index (κ1) is 20.0. The number of ether oxygens (including phenoxy) is 2. The second-order valence-electron chi connectivity index (χ2n) is 6.39. The van der Waals surface area contributed by atoms with Crippen molar-refractivity contribution in [1.82, 2.24) is 0 Å². The number of terminal acetylenes is 1. The van der Waals surface area contributed by atoms with Crippen molar-refractivity contribution in [1.29, 1.82) is 0 Å². The molecule has 146 valence electrons. The van der Waals surface area contributed by atoms with Crippen LogP contribution in [0, 0.1) is 12.3 Å². The molecular weight excluding hydrogens is 364 g/mol. The molecule has 1 heterocycles. The average Bonchev–Trinajstić information content (AvgIpc) is 3.01. The molecule has 0 spiro atoms. The molecule has 1 amide bonds. The standard InChI is InChI=1S/C24H22N2O3/c1-5-10-19-14-18(16-22(28-4)23(19)29-13-6-2)15-21-17(3)25-26(24(21)27)20-11-8-7-9-12-20/h2,5,7-9,11-12,14-16H,1,10,13H2,3-4H3/b21-15+. The van der Waals surface area contributed by atoms with Crippen LogP contribution in [0.2, 0.25) is 0 Å². The van der Waals surface area contributed by atoms with Crippen LogP contribution in [0.15, 0.2) is 65.8 Å². The highest BCUT2D eigenvalue weighted by Gasteiger charge is 2.28. The van der Waals surface area contributed by atoms with Crippen LogP contribution in [0.3, 0.4) is 0 Å². The molecule has 0 bridgehead atoms. The zero-order chi connectivity index (χ0) is 20.8. The summed E-state index contributed by atoms with van der Waals surface area (Å²) in [6, 6.07) is 13.1. The van der Waals surface area contributed by atoms with Gasteiger partial charge in [0.05, 0.1) is 24.1 Å². The molecule has 0 saturated heterocycles. The Bertz CT molecular complexity index is 1030. The fourth-order valence-electron chi connectivity index (χ4n) is 3.10. The predicted molar refractivity (Wildman–Crippen MR) is 116 cm³/mol. The van der Waals surface area contributed by atoms with Crippen molar-refractivity contribution in [3.8, 4) is 23.8 Å². The van der Waals surface area contributed by atoms with Gasteiger partial charge >= 0.3 is 0 Å². The summed E-state index contributed by atoms with van der Waals surface area (Å²) in [5.41, 5.74) is 3.58. The number of hydrogen-bond acceptors (Lipinski definition) is 4. The van der Waals surface area contributed by atoms with Crippen LogP contribution < -0.4 is 14.5 Å². The van der Waals surface area contributed by atoms with Crippen LogP contribution in [0.1, 0.15) is 18.1 Å². The summed E-state index contributed by atoms with van der Waals surface area (Å²) in [5.74, 6) is 3.42. The van der Waals surface area contributed by atoms with E-state index in [0.717, 1.165) is 16.8 Å². The molecule has 0 atom stereocenters. The molecule has 29 heavy (non-hydrogen) atoms. The summed E-state index contributed by atoms with van der Waals surface area (Å²) in [6.07, 6.45) is 9.48. The predicted octanol–water partition coefficient (Wildman–Crippen LogP) is 4.24. The number of rotatable bonds is 7. The Morgan fingerprint density at radius 3 is 2.69 bits per heavy atom. The molecule has 5 heteroatoms. The highest BCUT2D eigenvalue weighted by Crippen LogP contribution is 2.35. The molecule has 1 aliphatic heterocycles. The van der Waals surface area contributed by atoms with Gasteiger partial charge in [0.2, 0.25) is 0 Å². The Balaban J connectivity index is 2.00. The van der Waals surface area contributed by atoms with Crippen LogP contribution >= 0.6 is 0 Å². The number of carbonyl (C=O) groups excluding carboxylic acids is 1. The fraction of sp³-hybridized carbons (Fsp3) is 0.167. The van der Waals surface area contributed by atoms with E-state index in [1.165, 1.54) is 5.01 Å². The molecule has 0 saturated carbocycles. The van der Waals surface area contributed by atoms with Gasteiger partial charge in [-0.1, -0.05) is 30.2 Å². The van der Waals surface area contributed by atoms with Crippen LogP contribution in [0.25, 0.3) is 6.08 Å². The summed E-state index contributed by atoms with van der Waals surface area (Å²) in [7, 11) is 1.57. The lowest BCUT2D eigenvalue weighted by atomic mass is 10.0. The summed E-state index contributed by atoms with van der Waals surface area (Å²) in [4.78, 5) is 12.9. The van der Waals surface area contributed by atoms with Gasteiger partial charge in [-0.25, -0.2) is 0 Å². The summed E-state index contributed by atoms with van der Waals surface area (Å²) in [6.45, 7) is 5.76. The Hall–Kier alpha value is -3.78. The lowest BCUT2D eigenvalue weighted by molar-refractivity contribution is -0.114. The van der Waals surface area contributed by atoms with Crippen molar-refractivity contribution in [2.75, 3.05) is 18.7 Å². The Labute approximate surface area is 170 Å². The van der Waals surface area contributed by atoms with Crippen LogP contribution in [0.4, 0.5) is 5.69 Å². The molecule has 0 radical (unpaired) electrons. The number of para-hydroxylation sites is 1. The average molecular weight is 386 g/mol. The number of amides is 1. The third-order valence-corrected chi connectivity index (χ3v) is 4.41. The van der Waals surface area contributed by atoms with E-state index in [-0.39, 0.29) is 12.5 Å². The molecule has 1 aliphatic rings. The van der Waals surface area contributed by atoms with E-state index in [9.17, 15) is 4.79 Å². The van der Waals surface area contributed by atoms with Gasteiger partial charge < -0.3 is 9.47 Å². The molecule has 0 fully saturated rings. The number of hydrogen-bond donors (Lipinski definition) is 0. The minimum atomic E-state index is -0.175. The minimum Gasteiger partial charge on any atom is -0.493 e. The van der Waals surface area contributed by atoms with E-state index >= 15 is 0 Å². The van der Waals surface area contributed by atoms with Crippen molar-refractivity contribution >= 4 is 23.4 Å². The molecular formula is C24H22N2O3. The van der Waals surface area contributed by atoms with Gasteiger partial charge in [0.1, 0.15) is 6.61 Å². The molecule has 3 rings (SSSR count). The number of methoxy groups -OCH3 is 1. The van der Waals surface area contributed by atoms with Gasteiger partial charge in [-0.2, -0.15) is 10.1 Å². The third-order valence-electron chi connectivity index (χ3n) is 4.41. The topological polar surface area (TPSA) is 51.1 Å². The SMILES string of the molecule is C#CCOc1c(CC=C)cc(/C=C2/C(=O)N(c3ccccc3)N=C2C)cc1OC. The van der Waals surface area contributed by atoms with E-state index in [1.807, 2.05) is 55.5 Å². The lowest BCUT2D eigenvalue weighted by Crippen LogP contribution is -2.21. The van der Waals surface area contributed by atoms with Gasteiger partial charge in [0.15, 0.2) is 11.5 Å². The lowest BCUT2D eigenvalue weighted by Gasteiger charge is -2.15. The van der Waals surface area contributed by atoms with Gasteiger partial charge in [0.25, 0.3) is 5.91 Å². The molecule has 0 aromatic heterocycles. The number of carbonyl (C=O) groups is 1. The molecule has 0 N–H and O–H groups in total.